The minimum Gasteiger partial charge on any atom is -0.207 e. The smallest absolute Gasteiger partial charge is 0.123 e. The Labute approximate surface area is 80.8 Å². The van der Waals surface area contributed by atoms with Crippen molar-refractivity contribution in [3.05, 3.63) is 35.6 Å². The van der Waals surface area contributed by atoms with Crippen molar-refractivity contribution in [3.63, 3.8) is 0 Å². The van der Waals surface area contributed by atoms with Crippen molar-refractivity contribution in [3.8, 4) is 0 Å². The van der Waals surface area contributed by atoms with E-state index in [0.717, 1.165) is 0 Å². The van der Waals surface area contributed by atoms with Crippen LogP contribution >= 0.6 is 0 Å². The molecular weight excluding hydrogens is 179 g/mol. The molecule has 0 fully saturated rings. The zero-order valence-electron chi connectivity index (χ0n) is 8.76. The van der Waals surface area contributed by atoms with Crippen LogP contribution in [0.5, 0.6) is 0 Å². The van der Waals surface area contributed by atoms with Gasteiger partial charge < -0.3 is 0 Å². The molecule has 0 amide bonds. The average Bonchev–Trinajstić information content (AvgIpc) is 2.03. The lowest BCUT2D eigenvalue weighted by Gasteiger charge is -2.25. The van der Waals surface area contributed by atoms with Crippen molar-refractivity contribution < 1.29 is 4.39 Å². The molecule has 1 atom stereocenters. The van der Waals surface area contributed by atoms with Gasteiger partial charge in [-0.2, -0.15) is 0 Å². The zero-order valence-corrected chi connectivity index (χ0v) is 9.76. The highest BCUT2D eigenvalue weighted by Gasteiger charge is 2.23. The number of rotatable bonds is 2. The standard InChI is InChI=1S/C11H17FSi/c1-9(13(2,3)4)10-5-7-11(12)8-6-10/h5-9H,1-4H3. The molecular formula is C11H17FSi. The molecule has 1 rings (SSSR count). The Bertz CT molecular complexity index is 271. The van der Waals surface area contributed by atoms with E-state index in [9.17, 15) is 4.39 Å². The third-order valence-electron chi connectivity index (χ3n) is 2.67. The molecule has 0 radical (unpaired) electrons. The lowest BCUT2D eigenvalue weighted by molar-refractivity contribution is 0.627. The summed E-state index contributed by atoms with van der Waals surface area (Å²) in [4.78, 5) is 0. The van der Waals surface area contributed by atoms with E-state index in [1.54, 1.807) is 12.1 Å². The number of halogens is 1. The average molecular weight is 196 g/mol. The van der Waals surface area contributed by atoms with Gasteiger partial charge in [0.05, 0.1) is 8.07 Å². The molecule has 0 heterocycles. The molecule has 2 heteroatoms. The molecule has 0 aliphatic heterocycles. The van der Waals surface area contributed by atoms with Crippen LogP contribution < -0.4 is 0 Å². The van der Waals surface area contributed by atoms with E-state index in [1.165, 1.54) is 5.56 Å². The first-order valence-electron chi connectivity index (χ1n) is 4.67. The molecule has 0 saturated heterocycles. The summed E-state index contributed by atoms with van der Waals surface area (Å²) < 4.78 is 12.7. The van der Waals surface area contributed by atoms with Crippen molar-refractivity contribution in [2.24, 2.45) is 0 Å². The predicted octanol–water partition coefficient (Wildman–Crippen LogP) is 3.81. The predicted molar refractivity (Wildman–Crippen MR) is 58.2 cm³/mol. The lowest BCUT2D eigenvalue weighted by Crippen LogP contribution is -2.28. The van der Waals surface area contributed by atoms with E-state index >= 15 is 0 Å². The van der Waals surface area contributed by atoms with Crippen LogP contribution in [0.15, 0.2) is 24.3 Å². The van der Waals surface area contributed by atoms with E-state index in [4.69, 9.17) is 0 Å². The molecule has 0 aliphatic carbocycles. The summed E-state index contributed by atoms with van der Waals surface area (Å²) in [5.74, 6) is -0.147. The van der Waals surface area contributed by atoms with E-state index in [-0.39, 0.29) is 5.82 Å². The van der Waals surface area contributed by atoms with Crippen LogP contribution in [-0.4, -0.2) is 8.07 Å². The molecule has 0 N–H and O–H groups in total. The van der Waals surface area contributed by atoms with Crippen LogP contribution in [0.2, 0.25) is 19.6 Å². The van der Waals surface area contributed by atoms with E-state index in [1.807, 2.05) is 12.1 Å². The number of benzene rings is 1. The quantitative estimate of drug-likeness (QED) is 0.631. The van der Waals surface area contributed by atoms with Gasteiger partial charge in [0.25, 0.3) is 0 Å². The van der Waals surface area contributed by atoms with Gasteiger partial charge in [-0.25, -0.2) is 4.39 Å². The largest absolute Gasteiger partial charge is 0.207 e. The molecule has 0 spiro atoms. The Morgan fingerprint density at radius 2 is 1.54 bits per heavy atom. The molecule has 0 nitrogen and oxygen atoms in total. The first-order chi connectivity index (χ1) is 5.91. The van der Waals surface area contributed by atoms with Gasteiger partial charge in [-0.3, -0.25) is 0 Å². The Hall–Kier alpha value is -0.633. The van der Waals surface area contributed by atoms with Crippen LogP contribution in [0.25, 0.3) is 0 Å². The highest BCUT2D eigenvalue weighted by molar-refractivity contribution is 6.77. The van der Waals surface area contributed by atoms with Gasteiger partial charge in [0.15, 0.2) is 0 Å². The summed E-state index contributed by atoms with van der Waals surface area (Å²) in [6.07, 6.45) is 0. The molecule has 13 heavy (non-hydrogen) atoms. The maximum atomic E-state index is 12.7. The maximum Gasteiger partial charge on any atom is 0.123 e. The molecule has 0 aliphatic rings. The highest BCUT2D eigenvalue weighted by atomic mass is 28.3. The summed E-state index contributed by atoms with van der Waals surface area (Å²) in [5, 5.41) is 0. The van der Waals surface area contributed by atoms with Gasteiger partial charge in [0.1, 0.15) is 5.82 Å². The van der Waals surface area contributed by atoms with Gasteiger partial charge in [-0.1, -0.05) is 38.7 Å². The van der Waals surface area contributed by atoms with Crippen LogP contribution in [0.1, 0.15) is 18.0 Å². The van der Waals surface area contributed by atoms with E-state index in [0.29, 0.717) is 5.54 Å². The van der Waals surface area contributed by atoms with Gasteiger partial charge in [0, 0.05) is 0 Å². The second-order valence-electron chi connectivity index (χ2n) is 4.64. The van der Waals surface area contributed by atoms with Crippen molar-refractivity contribution in [2.75, 3.05) is 0 Å². The molecule has 1 aromatic carbocycles. The highest BCUT2D eigenvalue weighted by Crippen LogP contribution is 2.26. The Morgan fingerprint density at radius 1 is 1.08 bits per heavy atom. The third kappa shape index (κ3) is 2.66. The van der Waals surface area contributed by atoms with Crippen LogP contribution in [0.4, 0.5) is 4.39 Å². The SMILES string of the molecule is CC(c1ccc(F)cc1)[Si](C)(C)C. The fraction of sp³-hybridized carbons (Fsp3) is 0.455. The van der Waals surface area contributed by atoms with Crippen molar-refractivity contribution in [1.29, 1.82) is 0 Å². The van der Waals surface area contributed by atoms with Crippen molar-refractivity contribution in [1.82, 2.24) is 0 Å². The monoisotopic (exact) mass is 196 g/mol. The van der Waals surface area contributed by atoms with Crippen LogP contribution in [-0.2, 0) is 0 Å². The minimum absolute atomic E-state index is 0.147. The summed E-state index contributed by atoms with van der Waals surface area (Å²) in [5.41, 5.74) is 1.86. The molecule has 72 valence electrons. The fourth-order valence-electron chi connectivity index (χ4n) is 1.25. The van der Waals surface area contributed by atoms with Crippen molar-refractivity contribution in [2.45, 2.75) is 32.1 Å². The summed E-state index contributed by atoms with van der Waals surface area (Å²) in [6.45, 7) is 9.24. The van der Waals surface area contributed by atoms with E-state index in [2.05, 4.69) is 26.6 Å². The summed E-state index contributed by atoms with van der Waals surface area (Å²) in [6, 6.07) is 6.90. The first-order valence-corrected chi connectivity index (χ1v) is 8.24. The number of hydrogen-bond donors (Lipinski definition) is 0. The van der Waals surface area contributed by atoms with Crippen LogP contribution in [0.3, 0.4) is 0 Å². The minimum atomic E-state index is -1.14. The van der Waals surface area contributed by atoms with Crippen molar-refractivity contribution >= 4 is 8.07 Å². The first kappa shape index (κ1) is 10.4. The Morgan fingerprint density at radius 3 is 1.92 bits per heavy atom. The van der Waals surface area contributed by atoms with Gasteiger partial charge in [0.2, 0.25) is 0 Å². The topological polar surface area (TPSA) is 0 Å². The molecule has 0 aromatic heterocycles. The fourth-order valence-corrected chi connectivity index (χ4v) is 2.44. The summed E-state index contributed by atoms with van der Waals surface area (Å²) in [7, 11) is -1.14. The Balaban J connectivity index is 2.90. The second-order valence-corrected chi connectivity index (χ2v) is 10.2. The van der Waals surface area contributed by atoms with E-state index < -0.39 is 8.07 Å². The number of hydrogen-bond acceptors (Lipinski definition) is 0. The van der Waals surface area contributed by atoms with Gasteiger partial charge in [-0.05, 0) is 23.2 Å². The summed E-state index contributed by atoms with van der Waals surface area (Å²) >= 11 is 0. The molecule has 0 saturated carbocycles. The maximum absolute atomic E-state index is 12.7. The second kappa shape index (κ2) is 3.62. The van der Waals surface area contributed by atoms with Gasteiger partial charge in [-0.15, -0.1) is 0 Å². The molecule has 1 unspecified atom stereocenters. The molecule has 0 bridgehead atoms. The third-order valence-corrected chi connectivity index (χ3v) is 5.60. The zero-order chi connectivity index (χ0) is 10.1. The lowest BCUT2D eigenvalue weighted by atomic mass is 10.2. The Kier molecular flexibility index (Phi) is 2.91. The molecule has 1 aromatic rings. The van der Waals surface area contributed by atoms with Gasteiger partial charge >= 0.3 is 0 Å². The van der Waals surface area contributed by atoms with Crippen LogP contribution in [0, 0.1) is 5.82 Å². The normalized spacial score (nSPS) is 14.2.